The smallest absolute Gasteiger partial charge is 0.257 e. The Balaban J connectivity index is 2.15. The molecule has 1 heterocycles. The van der Waals surface area contributed by atoms with E-state index >= 15 is 0 Å². The maximum atomic E-state index is 11.6. The van der Waals surface area contributed by atoms with Gasteiger partial charge in [-0.25, -0.2) is 4.63 Å². The van der Waals surface area contributed by atoms with Crippen molar-refractivity contribution < 1.29 is 9.42 Å². The lowest BCUT2D eigenvalue weighted by Crippen LogP contribution is -2.13. The predicted octanol–water partition coefficient (Wildman–Crippen LogP) is 0.904. The SMILES string of the molecule is Nc1nonc1NC(=O)c1ccccc1. The van der Waals surface area contributed by atoms with Crippen molar-refractivity contribution in [1.82, 2.24) is 10.3 Å². The largest absolute Gasteiger partial charge is 0.378 e. The van der Waals surface area contributed by atoms with Gasteiger partial charge >= 0.3 is 0 Å². The lowest BCUT2D eigenvalue weighted by molar-refractivity contribution is 0.102. The molecule has 6 heteroatoms. The van der Waals surface area contributed by atoms with E-state index < -0.39 is 0 Å². The monoisotopic (exact) mass is 204 g/mol. The van der Waals surface area contributed by atoms with Gasteiger partial charge in [0.2, 0.25) is 11.6 Å². The van der Waals surface area contributed by atoms with Crippen LogP contribution in [-0.4, -0.2) is 16.2 Å². The molecule has 15 heavy (non-hydrogen) atoms. The third-order valence-corrected chi connectivity index (χ3v) is 1.78. The summed E-state index contributed by atoms with van der Waals surface area (Å²) in [6.45, 7) is 0. The van der Waals surface area contributed by atoms with Crippen molar-refractivity contribution in [2.24, 2.45) is 0 Å². The first-order chi connectivity index (χ1) is 7.27. The second-order valence-corrected chi connectivity index (χ2v) is 2.82. The molecular formula is C9H8N4O2. The molecule has 2 rings (SSSR count). The minimum atomic E-state index is -0.307. The number of amides is 1. The fourth-order valence-corrected chi connectivity index (χ4v) is 1.05. The van der Waals surface area contributed by atoms with Gasteiger partial charge in [-0.3, -0.25) is 4.79 Å². The molecule has 0 aliphatic heterocycles. The Kier molecular flexibility index (Phi) is 2.32. The van der Waals surface area contributed by atoms with E-state index in [1.807, 2.05) is 6.07 Å². The zero-order valence-electron chi connectivity index (χ0n) is 7.68. The second kappa shape index (κ2) is 3.79. The van der Waals surface area contributed by atoms with Gasteiger partial charge in [0.05, 0.1) is 0 Å². The minimum absolute atomic E-state index is 0.0549. The zero-order chi connectivity index (χ0) is 10.7. The van der Waals surface area contributed by atoms with Gasteiger partial charge < -0.3 is 11.1 Å². The zero-order valence-corrected chi connectivity index (χ0v) is 7.68. The molecule has 6 nitrogen and oxygen atoms in total. The van der Waals surface area contributed by atoms with Gasteiger partial charge in [-0.2, -0.15) is 0 Å². The van der Waals surface area contributed by atoms with Gasteiger partial charge in [0.1, 0.15) is 0 Å². The number of nitrogens with zero attached hydrogens (tertiary/aromatic N) is 2. The Hall–Kier alpha value is -2.37. The van der Waals surface area contributed by atoms with Crippen molar-refractivity contribution >= 4 is 17.5 Å². The molecule has 1 aromatic heterocycles. The maximum absolute atomic E-state index is 11.6. The van der Waals surface area contributed by atoms with Crippen molar-refractivity contribution in [3.05, 3.63) is 35.9 Å². The number of hydrogen-bond acceptors (Lipinski definition) is 5. The second-order valence-electron chi connectivity index (χ2n) is 2.82. The summed E-state index contributed by atoms with van der Waals surface area (Å²) >= 11 is 0. The summed E-state index contributed by atoms with van der Waals surface area (Å²) in [7, 11) is 0. The van der Waals surface area contributed by atoms with Crippen LogP contribution in [0.5, 0.6) is 0 Å². The maximum Gasteiger partial charge on any atom is 0.257 e. The summed E-state index contributed by atoms with van der Waals surface area (Å²) in [4.78, 5) is 11.6. The molecule has 0 aliphatic rings. The summed E-state index contributed by atoms with van der Waals surface area (Å²) in [5.74, 6) is -0.124. The van der Waals surface area contributed by atoms with Crippen LogP contribution >= 0.6 is 0 Å². The molecule has 3 N–H and O–H groups in total. The van der Waals surface area contributed by atoms with Crippen LogP contribution in [0.2, 0.25) is 0 Å². The highest BCUT2D eigenvalue weighted by Gasteiger charge is 2.11. The van der Waals surface area contributed by atoms with E-state index in [1.54, 1.807) is 24.3 Å². The van der Waals surface area contributed by atoms with E-state index in [4.69, 9.17) is 5.73 Å². The Labute approximate surface area is 85.0 Å². The highest BCUT2D eigenvalue weighted by molar-refractivity contribution is 6.04. The molecule has 0 fully saturated rings. The summed E-state index contributed by atoms with van der Waals surface area (Å²) in [6.07, 6.45) is 0. The Bertz CT molecular complexity index is 466. The van der Waals surface area contributed by atoms with Crippen molar-refractivity contribution in [2.45, 2.75) is 0 Å². The van der Waals surface area contributed by atoms with E-state index in [-0.39, 0.29) is 17.5 Å². The molecule has 76 valence electrons. The molecule has 0 spiro atoms. The number of aromatic nitrogens is 2. The summed E-state index contributed by atoms with van der Waals surface area (Å²) < 4.78 is 4.34. The molecule has 0 aliphatic carbocycles. The number of carbonyl (C=O) groups is 1. The van der Waals surface area contributed by atoms with Crippen molar-refractivity contribution in [3.63, 3.8) is 0 Å². The number of carbonyl (C=O) groups excluding carboxylic acids is 1. The van der Waals surface area contributed by atoms with E-state index in [0.29, 0.717) is 5.56 Å². The Morgan fingerprint density at radius 2 is 2.00 bits per heavy atom. The fraction of sp³-hybridized carbons (Fsp3) is 0. The molecule has 0 saturated carbocycles. The number of hydrogen-bond donors (Lipinski definition) is 2. The number of rotatable bonds is 2. The molecular weight excluding hydrogens is 196 g/mol. The summed E-state index contributed by atoms with van der Waals surface area (Å²) in [6, 6.07) is 8.71. The number of nitrogens with one attached hydrogen (secondary N) is 1. The lowest BCUT2D eigenvalue weighted by Gasteiger charge is -2.00. The average Bonchev–Trinajstić information content (AvgIpc) is 2.66. The Morgan fingerprint density at radius 3 is 2.60 bits per heavy atom. The molecule has 0 bridgehead atoms. The number of benzene rings is 1. The highest BCUT2D eigenvalue weighted by atomic mass is 16.6. The van der Waals surface area contributed by atoms with Crippen molar-refractivity contribution in [3.8, 4) is 0 Å². The highest BCUT2D eigenvalue weighted by Crippen LogP contribution is 2.12. The quantitative estimate of drug-likeness (QED) is 0.758. The van der Waals surface area contributed by atoms with E-state index in [9.17, 15) is 4.79 Å². The molecule has 2 aromatic rings. The molecule has 0 atom stereocenters. The minimum Gasteiger partial charge on any atom is -0.378 e. The molecule has 0 unspecified atom stereocenters. The summed E-state index contributed by atoms with van der Waals surface area (Å²) in [5, 5.41) is 9.25. The lowest BCUT2D eigenvalue weighted by atomic mass is 10.2. The van der Waals surface area contributed by atoms with Gasteiger partial charge in [0.25, 0.3) is 5.91 Å². The molecule has 0 saturated heterocycles. The van der Waals surface area contributed by atoms with Crippen molar-refractivity contribution in [2.75, 3.05) is 11.1 Å². The first-order valence-corrected chi connectivity index (χ1v) is 4.22. The standard InChI is InChI=1S/C9H8N4O2/c10-7-8(13-15-12-7)11-9(14)6-4-2-1-3-5-6/h1-5H,(H2,10,12)(H,11,13,14). The molecule has 0 radical (unpaired) electrons. The number of anilines is 2. The molecule has 1 aromatic carbocycles. The van der Waals surface area contributed by atoms with Crippen LogP contribution in [0.3, 0.4) is 0 Å². The van der Waals surface area contributed by atoms with Gasteiger partial charge in [0.15, 0.2) is 0 Å². The van der Waals surface area contributed by atoms with Crippen LogP contribution in [0.1, 0.15) is 10.4 Å². The average molecular weight is 204 g/mol. The van der Waals surface area contributed by atoms with Gasteiger partial charge in [0, 0.05) is 5.56 Å². The predicted molar refractivity (Wildman–Crippen MR) is 53.1 cm³/mol. The topological polar surface area (TPSA) is 94.0 Å². The number of nitrogen functional groups attached to an aromatic ring is 1. The van der Waals surface area contributed by atoms with Gasteiger partial charge in [-0.05, 0) is 22.4 Å². The summed E-state index contributed by atoms with van der Waals surface area (Å²) in [5.41, 5.74) is 5.90. The van der Waals surface area contributed by atoms with Crippen LogP contribution in [0, 0.1) is 0 Å². The van der Waals surface area contributed by atoms with Gasteiger partial charge in [-0.15, -0.1) is 0 Å². The third kappa shape index (κ3) is 1.93. The van der Waals surface area contributed by atoms with E-state index in [1.165, 1.54) is 0 Å². The van der Waals surface area contributed by atoms with Crippen molar-refractivity contribution in [1.29, 1.82) is 0 Å². The normalized spacial score (nSPS) is 9.87. The van der Waals surface area contributed by atoms with E-state index in [0.717, 1.165) is 0 Å². The van der Waals surface area contributed by atoms with Crippen LogP contribution in [-0.2, 0) is 0 Å². The van der Waals surface area contributed by atoms with Crippen LogP contribution < -0.4 is 11.1 Å². The van der Waals surface area contributed by atoms with Crippen LogP contribution in [0.25, 0.3) is 0 Å². The molecule has 1 amide bonds. The fourth-order valence-electron chi connectivity index (χ4n) is 1.05. The first kappa shape index (κ1) is 9.20. The van der Waals surface area contributed by atoms with Crippen LogP contribution in [0.15, 0.2) is 35.0 Å². The number of nitrogens with two attached hydrogens (primary N) is 1. The Morgan fingerprint density at radius 1 is 1.27 bits per heavy atom. The first-order valence-electron chi connectivity index (χ1n) is 4.22. The van der Waals surface area contributed by atoms with Gasteiger partial charge in [-0.1, -0.05) is 18.2 Å². The van der Waals surface area contributed by atoms with E-state index in [2.05, 4.69) is 20.3 Å². The third-order valence-electron chi connectivity index (χ3n) is 1.78. The van der Waals surface area contributed by atoms with Crippen LogP contribution in [0.4, 0.5) is 11.6 Å².